The highest BCUT2D eigenvalue weighted by Crippen LogP contribution is 2.33. The smallest absolute Gasteiger partial charge is 0.160 e. The monoisotopic (exact) mass is 324 g/mol. The Morgan fingerprint density at radius 1 is 1.05 bits per heavy atom. The van der Waals surface area contributed by atoms with Crippen LogP contribution in [0.15, 0.2) is 36.4 Å². The quantitative estimate of drug-likeness (QED) is 0.705. The van der Waals surface area contributed by atoms with Gasteiger partial charge in [-0.1, -0.05) is 29.8 Å². The van der Waals surface area contributed by atoms with Crippen molar-refractivity contribution in [3.63, 3.8) is 0 Å². The van der Waals surface area contributed by atoms with Crippen molar-refractivity contribution in [2.75, 3.05) is 14.2 Å². The number of benzene rings is 2. The molecule has 2 rings (SSSR count). The van der Waals surface area contributed by atoms with Crippen molar-refractivity contribution in [1.82, 2.24) is 0 Å². The second kappa shape index (κ2) is 7.06. The molecule has 0 aliphatic rings. The molecule has 2 nitrogen and oxygen atoms in total. The van der Waals surface area contributed by atoms with Gasteiger partial charge in [0.1, 0.15) is 0 Å². The second-order valence-electron chi connectivity index (χ2n) is 4.82. The van der Waals surface area contributed by atoms with Gasteiger partial charge in [-0.05, 0) is 48.2 Å². The van der Waals surface area contributed by atoms with E-state index in [0.717, 1.165) is 21.7 Å². The molecule has 2 aromatic rings. The van der Waals surface area contributed by atoms with Gasteiger partial charge in [-0.15, -0.1) is 11.6 Å². The highest BCUT2D eigenvalue weighted by molar-refractivity contribution is 6.31. The number of halogens is 2. The van der Waals surface area contributed by atoms with Crippen molar-refractivity contribution in [2.45, 2.75) is 18.7 Å². The molecular weight excluding hydrogens is 307 g/mol. The Labute approximate surface area is 135 Å². The van der Waals surface area contributed by atoms with Crippen molar-refractivity contribution in [1.29, 1.82) is 0 Å². The minimum absolute atomic E-state index is 0.137. The van der Waals surface area contributed by atoms with Gasteiger partial charge in [0.05, 0.1) is 19.6 Å². The highest BCUT2D eigenvalue weighted by atomic mass is 35.5. The number of hydrogen-bond acceptors (Lipinski definition) is 2. The summed E-state index contributed by atoms with van der Waals surface area (Å²) in [6.45, 7) is 1.99. The molecule has 1 atom stereocenters. The number of rotatable bonds is 5. The maximum atomic E-state index is 6.56. The topological polar surface area (TPSA) is 18.5 Å². The van der Waals surface area contributed by atoms with Crippen molar-refractivity contribution in [3.8, 4) is 11.5 Å². The van der Waals surface area contributed by atoms with Gasteiger partial charge in [0.25, 0.3) is 0 Å². The fraction of sp³-hybridized carbons (Fsp3) is 0.294. The molecule has 112 valence electrons. The first-order valence-corrected chi connectivity index (χ1v) is 7.48. The van der Waals surface area contributed by atoms with E-state index in [1.807, 2.05) is 43.3 Å². The number of alkyl halides is 1. The molecule has 0 saturated heterocycles. The molecule has 0 bridgehead atoms. The zero-order chi connectivity index (χ0) is 15.4. The summed E-state index contributed by atoms with van der Waals surface area (Å²) in [5.74, 6) is 1.42. The molecule has 0 aromatic heterocycles. The van der Waals surface area contributed by atoms with E-state index in [-0.39, 0.29) is 5.38 Å². The minimum atomic E-state index is -0.137. The third kappa shape index (κ3) is 3.63. The fourth-order valence-electron chi connectivity index (χ4n) is 2.29. The summed E-state index contributed by atoms with van der Waals surface area (Å²) in [6, 6.07) is 11.7. The number of hydrogen-bond donors (Lipinski definition) is 0. The molecule has 0 spiro atoms. The molecule has 0 heterocycles. The van der Waals surface area contributed by atoms with Crippen LogP contribution in [0.5, 0.6) is 11.5 Å². The van der Waals surface area contributed by atoms with Crippen LogP contribution in [0.25, 0.3) is 0 Å². The highest BCUT2D eigenvalue weighted by Gasteiger charge is 2.14. The molecule has 2 aromatic carbocycles. The molecule has 21 heavy (non-hydrogen) atoms. The Hall–Kier alpha value is -1.38. The molecule has 1 unspecified atom stereocenters. The van der Waals surface area contributed by atoms with E-state index < -0.39 is 0 Å². The van der Waals surface area contributed by atoms with Crippen molar-refractivity contribution in [2.24, 2.45) is 0 Å². The van der Waals surface area contributed by atoms with Crippen LogP contribution in [0.2, 0.25) is 5.02 Å². The Balaban J connectivity index is 2.23. The normalized spacial score (nSPS) is 12.0. The van der Waals surface area contributed by atoms with E-state index in [2.05, 4.69) is 0 Å². The first-order valence-electron chi connectivity index (χ1n) is 6.66. The van der Waals surface area contributed by atoms with Crippen molar-refractivity contribution in [3.05, 3.63) is 58.1 Å². The largest absolute Gasteiger partial charge is 0.493 e. The maximum Gasteiger partial charge on any atom is 0.160 e. The standard InChI is InChI=1S/C17H18Cl2O2/c1-11-13(5-4-6-14(11)18)15(19)9-12-7-8-16(20-2)17(10-12)21-3/h4-8,10,15H,9H2,1-3H3. The van der Waals surface area contributed by atoms with E-state index in [1.165, 1.54) is 0 Å². The molecule has 0 aliphatic carbocycles. The molecule has 0 fully saturated rings. The van der Waals surface area contributed by atoms with Crippen molar-refractivity contribution < 1.29 is 9.47 Å². The summed E-state index contributed by atoms with van der Waals surface area (Å²) in [7, 11) is 3.25. The van der Waals surface area contributed by atoms with E-state index in [4.69, 9.17) is 32.7 Å². The Morgan fingerprint density at radius 2 is 1.76 bits per heavy atom. The number of methoxy groups -OCH3 is 2. The molecule has 0 amide bonds. The van der Waals surface area contributed by atoms with E-state index in [9.17, 15) is 0 Å². The lowest BCUT2D eigenvalue weighted by molar-refractivity contribution is 0.354. The third-order valence-electron chi connectivity index (χ3n) is 3.51. The fourth-order valence-corrected chi connectivity index (χ4v) is 2.88. The average molecular weight is 325 g/mol. The van der Waals surface area contributed by atoms with Gasteiger partial charge in [-0.25, -0.2) is 0 Å². The SMILES string of the molecule is COc1ccc(CC(Cl)c2cccc(Cl)c2C)cc1OC. The summed E-state index contributed by atoms with van der Waals surface area (Å²) in [5, 5.41) is 0.604. The van der Waals surface area contributed by atoms with Gasteiger partial charge in [0, 0.05) is 5.02 Å². The molecule has 4 heteroatoms. The van der Waals surface area contributed by atoms with Crippen LogP contribution in [0, 0.1) is 6.92 Å². The van der Waals surface area contributed by atoms with Gasteiger partial charge < -0.3 is 9.47 Å². The van der Waals surface area contributed by atoms with E-state index in [0.29, 0.717) is 17.9 Å². The van der Waals surface area contributed by atoms with Crippen LogP contribution in [0.3, 0.4) is 0 Å². The first kappa shape index (κ1) is 16.0. The van der Waals surface area contributed by atoms with E-state index >= 15 is 0 Å². The predicted molar refractivity (Wildman–Crippen MR) is 88.0 cm³/mol. The van der Waals surface area contributed by atoms with Gasteiger partial charge in [-0.3, -0.25) is 0 Å². The lowest BCUT2D eigenvalue weighted by atomic mass is 10.00. The Bertz CT molecular complexity index is 626. The summed E-state index contributed by atoms with van der Waals surface area (Å²) in [4.78, 5) is 0. The lowest BCUT2D eigenvalue weighted by Crippen LogP contribution is -2.00. The molecule has 0 aliphatic heterocycles. The lowest BCUT2D eigenvalue weighted by Gasteiger charge is -2.15. The van der Waals surface area contributed by atoms with Crippen LogP contribution >= 0.6 is 23.2 Å². The Morgan fingerprint density at radius 3 is 2.43 bits per heavy atom. The number of ether oxygens (including phenoxy) is 2. The van der Waals surface area contributed by atoms with Gasteiger partial charge in [0.15, 0.2) is 11.5 Å². The minimum Gasteiger partial charge on any atom is -0.493 e. The van der Waals surface area contributed by atoms with E-state index in [1.54, 1.807) is 14.2 Å². The third-order valence-corrected chi connectivity index (χ3v) is 4.31. The molecule has 0 saturated carbocycles. The van der Waals surface area contributed by atoms with Gasteiger partial charge in [-0.2, -0.15) is 0 Å². The summed E-state index contributed by atoms with van der Waals surface area (Å²) < 4.78 is 10.6. The average Bonchev–Trinajstić information content (AvgIpc) is 2.49. The summed E-state index contributed by atoms with van der Waals surface area (Å²) in [6.07, 6.45) is 0.698. The van der Waals surface area contributed by atoms with Gasteiger partial charge >= 0.3 is 0 Å². The molecular formula is C17H18Cl2O2. The zero-order valence-electron chi connectivity index (χ0n) is 12.3. The maximum absolute atomic E-state index is 6.56. The van der Waals surface area contributed by atoms with Crippen LogP contribution in [-0.4, -0.2) is 14.2 Å². The summed E-state index contributed by atoms with van der Waals surface area (Å²) in [5.41, 5.74) is 3.17. The van der Waals surface area contributed by atoms with Gasteiger partial charge in [0.2, 0.25) is 0 Å². The van der Waals surface area contributed by atoms with Crippen LogP contribution in [0.1, 0.15) is 22.1 Å². The summed E-state index contributed by atoms with van der Waals surface area (Å²) >= 11 is 12.7. The predicted octanol–water partition coefficient (Wildman–Crippen LogP) is 5.19. The van der Waals surface area contributed by atoms with Crippen molar-refractivity contribution >= 4 is 23.2 Å². The Kier molecular flexibility index (Phi) is 5.38. The van der Waals surface area contributed by atoms with Crippen LogP contribution in [0.4, 0.5) is 0 Å². The molecule has 0 radical (unpaired) electrons. The van der Waals surface area contributed by atoms with Crippen LogP contribution in [-0.2, 0) is 6.42 Å². The second-order valence-corrected chi connectivity index (χ2v) is 5.75. The van der Waals surface area contributed by atoms with Crippen LogP contribution < -0.4 is 9.47 Å². The molecule has 0 N–H and O–H groups in total. The zero-order valence-corrected chi connectivity index (χ0v) is 13.8. The first-order chi connectivity index (χ1) is 10.1.